The van der Waals surface area contributed by atoms with Crippen molar-refractivity contribution >= 4 is 32.3 Å². The molecule has 3 aromatic carbocycles. The summed E-state index contributed by atoms with van der Waals surface area (Å²) in [6.07, 6.45) is 1.65. The number of fused-ring (bicyclic) bond motifs is 1. The van der Waals surface area contributed by atoms with Crippen LogP contribution in [0.2, 0.25) is 0 Å². The lowest BCUT2D eigenvalue weighted by Crippen LogP contribution is -2.23. The summed E-state index contributed by atoms with van der Waals surface area (Å²) in [4.78, 5) is 4.21. The van der Waals surface area contributed by atoms with Crippen molar-refractivity contribution in [3.63, 3.8) is 0 Å². The molecule has 8 heteroatoms. The summed E-state index contributed by atoms with van der Waals surface area (Å²) in [7, 11) is -3.68. The second-order valence-electron chi connectivity index (χ2n) is 7.80. The highest BCUT2D eigenvalue weighted by Gasteiger charge is 2.14. The summed E-state index contributed by atoms with van der Waals surface area (Å²) in [5, 5.41) is 15.3. The molecular weight excluding hydrogens is 436 g/mol. The van der Waals surface area contributed by atoms with Crippen LogP contribution in [0.4, 0.5) is 11.5 Å². The quantitative estimate of drug-likeness (QED) is 0.283. The summed E-state index contributed by atoms with van der Waals surface area (Å²) in [5.74, 6) is 0.418. The summed E-state index contributed by atoms with van der Waals surface area (Å²) < 4.78 is 28.2. The van der Waals surface area contributed by atoms with E-state index in [-0.39, 0.29) is 4.90 Å². The molecule has 0 amide bonds. The maximum absolute atomic E-state index is 12.8. The molecule has 7 nitrogen and oxygen atoms in total. The minimum Gasteiger partial charge on any atom is -0.387 e. The number of sulfonamides is 1. The molecule has 4 rings (SSSR count). The highest BCUT2D eigenvalue weighted by molar-refractivity contribution is 7.92. The van der Waals surface area contributed by atoms with Gasteiger partial charge in [-0.25, -0.2) is 13.4 Å². The van der Waals surface area contributed by atoms with E-state index >= 15 is 0 Å². The molecule has 0 radical (unpaired) electrons. The van der Waals surface area contributed by atoms with E-state index in [0.29, 0.717) is 30.2 Å². The van der Waals surface area contributed by atoms with E-state index in [9.17, 15) is 13.5 Å². The number of nitrogens with one attached hydrogen (secondary N) is 2. The fraction of sp³-hybridized carbons (Fsp3) is 0.160. The smallest absolute Gasteiger partial charge is 0.261 e. The molecule has 0 aliphatic heterocycles. The van der Waals surface area contributed by atoms with Gasteiger partial charge in [0, 0.05) is 24.0 Å². The molecule has 0 fully saturated rings. The number of nitrogen functional groups attached to an aromatic ring is 1. The van der Waals surface area contributed by atoms with Crippen molar-refractivity contribution in [1.82, 2.24) is 10.3 Å². The summed E-state index contributed by atoms with van der Waals surface area (Å²) >= 11 is 0. The van der Waals surface area contributed by atoms with Crippen molar-refractivity contribution in [3.8, 4) is 0 Å². The lowest BCUT2D eigenvalue weighted by Gasteiger charge is -2.12. The van der Waals surface area contributed by atoms with E-state index in [2.05, 4.69) is 15.0 Å². The normalized spacial score (nSPS) is 12.5. The molecule has 5 N–H and O–H groups in total. The van der Waals surface area contributed by atoms with Crippen LogP contribution in [0.25, 0.3) is 10.8 Å². The second kappa shape index (κ2) is 9.99. The Morgan fingerprint density at radius 1 is 0.939 bits per heavy atom. The van der Waals surface area contributed by atoms with Gasteiger partial charge in [0.15, 0.2) is 0 Å². The molecule has 33 heavy (non-hydrogen) atoms. The average molecular weight is 463 g/mol. The Balaban J connectivity index is 1.30. The number of aliphatic hydroxyl groups excluding tert-OH is 1. The van der Waals surface area contributed by atoms with Crippen molar-refractivity contribution in [2.45, 2.75) is 17.4 Å². The minimum atomic E-state index is -3.68. The third kappa shape index (κ3) is 5.87. The Hall–Kier alpha value is -3.46. The highest BCUT2D eigenvalue weighted by Crippen LogP contribution is 2.22. The molecule has 0 saturated carbocycles. The lowest BCUT2D eigenvalue weighted by molar-refractivity contribution is 0.175. The van der Waals surface area contributed by atoms with Crippen LogP contribution >= 0.6 is 0 Å². The van der Waals surface area contributed by atoms with E-state index in [1.165, 1.54) is 0 Å². The largest absolute Gasteiger partial charge is 0.387 e. The molecule has 170 valence electrons. The zero-order valence-electron chi connectivity index (χ0n) is 18.0. The lowest BCUT2D eigenvalue weighted by atomic mass is 10.1. The first-order valence-electron chi connectivity index (χ1n) is 10.6. The fourth-order valence-corrected chi connectivity index (χ4v) is 4.58. The van der Waals surface area contributed by atoms with Crippen LogP contribution in [0.15, 0.2) is 90.0 Å². The van der Waals surface area contributed by atoms with Crippen molar-refractivity contribution in [2.24, 2.45) is 0 Å². The number of anilines is 2. The van der Waals surface area contributed by atoms with Crippen LogP contribution in [0.1, 0.15) is 17.2 Å². The SMILES string of the molecule is Nc1ccc(C(O)CNCCc2ccc(NS(=O)(=O)c3ccc4ccccc4c3)cc2)cn1. The number of aromatic nitrogens is 1. The highest BCUT2D eigenvalue weighted by atomic mass is 32.2. The number of nitrogens with two attached hydrogens (primary N) is 1. The standard InChI is InChI=1S/C25H26N4O3S/c26-25-12-8-21(16-28-25)24(30)17-27-14-13-18-5-9-22(10-6-18)29-33(31,32)23-11-7-19-3-1-2-4-20(19)15-23/h1-12,15-16,24,27,29-30H,13-14,17H2,(H2,26,28). The number of aliphatic hydroxyl groups is 1. The summed E-state index contributed by atoms with van der Waals surface area (Å²) in [6.45, 7) is 1.07. The summed E-state index contributed by atoms with van der Waals surface area (Å²) in [5.41, 5.74) is 7.83. The molecule has 1 unspecified atom stereocenters. The van der Waals surface area contributed by atoms with Crippen LogP contribution < -0.4 is 15.8 Å². The molecule has 0 aliphatic carbocycles. The van der Waals surface area contributed by atoms with Gasteiger partial charge in [-0.15, -0.1) is 0 Å². The van der Waals surface area contributed by atoms with Crippen LogP contribution in [0.5, 0.6) is 0 Å². The van der Waals surface area contributed by atoms with Gasteiger partial charge in [-0.3, -0.25) is 4.72 Å². The van der Waals surface area contributed by atoms with E-state index in [4.69, 9.17) is 5.73 Å². The Bertz CT molecular complexity index is 1320. The van der Waals surface area contributed by atoms with Gasteiger partial charge in [-0.05, 0) is 59.6 Å². The van der Waals surface area contributed by atoms with Crippen molar-refractivity contribution in [3.05, 3.63) is 96.2 Å². The molecule has 1 atom stereocenters. The Morgan fingerprint density at radius 3 is 2.42 bits per heavy atom. The number of hydrogen-bond acceptors (Lipinski definition) is 6. The summed E-state index contributed by atoms with van der Waals surface area (Å²) in [6, 6.07) is 23.4. The number of hydrogen-bond donors (Lipinski definition) is 4. The first kappa shape index (κ1) is 22.7. The zero-order chi connectivity index (χ0) is 23.3. The Kier molecular flexibility index (Phi) is 6.88. The second-order valence-corrected chi connectivity index (χ2v) is 9.48. The Morgan fingerprint density at radius 2 is 1.70 bits per heavy atom. The third-order valence-electron chi connectivity index (χ3n) is 5.36. The molecule has 0 aliphatic rings. The van der Waals surface area contributed by atoms with Gasteiger partial charge in [0.1, 0.15) is 5.82 Å². The fourth-order valence-electron chi connectivity index (χ4n) is 3.49. The van der Waals surface area contributed by atoms with Crippen LogP contribution in [0.3, 0.4) is 0 Å². The van der Waals surface area contributed by atoms with Gasteiger partial charge in [-0.2, -0.15) is 0 Å². The topological polar surface area (TPSA) is 117 Å². The number of nitrogens with zero attached hydrogens (tertiary/aromatic N) is 1. The predicted molar refractivity (Wildman–Crippen MR) is 131 cm³/mol. The van der Waals surface area contributed by atoms with Crippen molar-refractivity contribution < 1.29 is 13.5 Å². The van der Waals surface area contributed by atoms with Gasteiger partial charge in [0.2, 0.25) is 0 Å². The van der Waals surface area contributed by atoms with E-state index in [0.717, 1.165) is 22.8 Å². The first-order chi connectivity index (χ1) is 15.9. The zero-order valence-corrected chi connectivity index (χ0v) is 18.8. The Labute approximate surface area is 193 Å². The molecule has 1 heterocycles. The van der Waals surface area contributed by atoms with Gasteiger partial charge in [-0.1, -0.05) is 48.5 Å². The maximum atomic E-state index is 12.8. The van der Waals surface area contributed by atoms with Crippen molar-refractivity contribution in [2.75, 3.05) is 23.5 Å². The van der Waals surface area contributed by atoms with Gasteiger partial charge in [0.05, 0.1) is 11.0 Å². The van der Waals surface area contributed by atoms with Crippen molar-refractivity contribution in [1.29, 1.82) is 0 Å². The number of rotatable bonds is 9. The van der Waals surface area contributed by atoms with Crippen LogP contribution in [0, 0.1) is 0 Å². The van der Waals surface area contributed by atoms with E-state index in [1.807, 2.05) is 36.4 Å². The van der Waals surface area contributed by atoms with Gasteiger partial charge < -0.3 is 16.2 Å². The minimum absolute atomic E-state index is 0.226. The molecular formula is C25H26N4O3S. The third-order valence-corrected chi connectivity index (χ3v) is 6.74. The monoisotopic (exact) mass is 462 g/mol. The first-order valence-corrected chi connectivity index (χ1v) is 12.1. The van der Waals surface area contributed by atoms with Crippen LogP contribution in [-0.2, 0) is 16.4 Å². The molecule has 1 aromatic heterocycles. The molecule has 0 saturated heterocycles. The molecule has 0 bridgehead atoms. The van der Waals surface area contributed by atoms with Gasteiger partial charge >= 0.3 is 0 Å². The van der Waals surface area contributed by atoms with Gasteiger partial charge in [0.25, 0.3) is 10.0 Å². The molecule has 0 spiro atoms. The average Bonchev–Trinajstić information content (AvgIpc) is 2.82. The van der Waals surface area contributed by atoms with Crippen LogP contribution in [-0.4, -0.2) is 31.6 Å². The molecule has 4 aromatic rings. The predicted octanol–water partition coefficient (Wildman–Crippen LogP) is 3.48. The van der Waals surface area contributed by atoms with E-state index < -0.39 is 16.1 Å². The number of pyridine rings is 1. The maximum Gasteiger partial charge on any atom is 0.261 e. The van der Waals surface area contributed by atoms with E-state index in [1.54, 1.807) is 48.7 Å². The number of benzene rings is 3.